The summed E-state index contributed by atoms with van der Waals surface area (Å²) in [4.78, 5) is 14.5. The van der Waals surface area contributed by atoms with E-state index in [4.69, 9.17) is 9.47 Å². The zero-order chi connectivity index (χ0) is 17.1. The van der Waals surface area contributed by atoms with Gasteiger partial charge in [-0.15, -0.1) is 0 Å². The highest BCUT2D eigenvalue weighted by Gasteiger charge is 2.29. The van der Waals surface area contributed by atoms with Crippen LogP contribution in [0.2, 0.25) is 0 Å². The Morgan fingerprint density at radius 1 is 1.12 bits per heavy atom. The van der Waals surface area contributed by atoms with Crippen molar-refractivity contribution in [3.8, 4) is 11.5 Å². The maximum atomic E-state index is 12.6. The van der Waals surface area contributed by atoms with E-state index in [1.165, 1.54) is 5.56 Å². The van der Waals surface area contributed by atoms with Gasteiger partial charge in [0.1, 0.15) is 0 Å². The molecule has 1 aliphatic heterocycles. The van der Waals surface area contributed by atoms with E-state index >= 15 is 0 Å². The summed E-state index contributed by atoms with van der Waals surface area (Å²) < 4.78 is 10.8. The molecule has 1 aliphatic rings. The predicted molar refractivity (Wildman–Crippen MR) is 93.8 cm³/mol. The quantitative estimate of drug-likeness (QED) is 0.932. The van der Waals surface area contributed by atoms with E-state index < -0.39 is 0 Å². The van der Waals surface area contributed by atoms with E-state index in [1.54, 1.807) is 14.2 Å². The van der Waals surface area contributed by atoms with Crippen molar-refractivity contribution in [1.29, 1.82) is 0 Å². The van der Waals surface area contributed by atoms with Crippen molar-refractivity contribution in [3.05, 3.63) is 53.6 Å². The number of methoxy groups -OCH3 is 2. The average Bonchev–Trinajstić information content (AvgIpc) is 2.61. The second-order valence-electron chi connectivity index (χ2n) is 5.82. The highest BCUT2D eigenvalue weighted by atomic mass is 16.5. The number of ether oxygens (including phenoxy) is 2. The van der Waals surface area contributed by atoms with Crippen molar-refractivity contribution in [3.63, 3.8) is 0 Å². The Morgan fingerprint density at radius 2 is 1.79 bits per heavy atom. The number of fused-ring (bicyclic) bond motifs is 1. The summed E-state index contributed by atoms with van der Waals surface area (Å²) in [6.45, 7) is 2.71. The maximum Gasteiger partial charge on any atom is 0.322 e. The Hall–Kier alpha value is -2.69. The van der Waals surface area contributed by atoms with Gasteiger partial charge in [0.05, 0.1) is 20.3 Å². The first-order valence-electron chi connectivity index (χ1n) is 8.01. The summed E-state index contributed by atoms with van der Waals surface area (Å²) >= 11 is 0. The summed E-state index contributed by atoms with van der Waals surface area (Å²) in [5.74, 6) is 1.42. The minimum Gasteiger partial charge on any atom is -0.493 e. The largest absolute Gasteiger partial charge is 0.493 e. The fourth-order valence-electron chi connectivity index (χ4n) is 3.14. The second kappa shape index (κ2) is 6.83. The first-order chi connectivity index (χ1) is 11.6. The Morgan fingerprint density at radius 3 is 2.46 bits per heavy atom. The van der Waals surface area contributed by atoms with E-state index in [9.17, 15) is 4.79 Å². The molecular weight excluding hydrogens is 304 g/mol. The number of urea groups is 1. The Balaban J connectivity index is 1.83. The van der Waals surface area contributed by atoms with Gasteiger partial charge in [-0.25, -0.2) is 4.79 Å². The lowest BCUT2D eigenvalue weighted by Crippen LogP contribution is -2.41. The number of carbonyl (C=O) groups is 1. The third-order valence-corrected chi connectivity index (χ3v) is 4.47. The summed E-state index contributed by atoms with van der Waals surface area (Å²) in [5.41, 5.74) is 3.10. The highest BCUT2D eigenvalue weighted by Crippen LogP contribution is 2.38. The third-order valence-electron chi connectivity index (χ3n) is 4.47. The number of rotatable bonds is 3. The Kier molecular flexibility index (Phi) is 4.60. The molecule has 0 aliphatic carbocycles. The number of hydrogen-bond donors (Lipinski definition) is 1. The molecule has 3 rings (SSSR count). The molecule has 0 aromatic heterocycles. The zero-order valence-corrected chi connectivity index (χ0v) is 14.2. The molecule has 24 heavy (non-hydrogen) atoms. The molecule has 0 unspecified atom stereocenters. The molecular formula is C19H22N2O3. The monoisotopic (exact) mass is 326 g/mol. The standard InChI is InChI=1S/C19H22N2O3/c1-13-16-12-18(24-3)17(23-2)11-14(16)9-10-21(13)19(22)20-15-7-5-4-6-8-15/h4-8,11-13H,9-10H2,1-3H3,(H,20,22)/t13-/m0/s1. The molecule has 1 atom stereocenters. The molecule has 5 nitrogen and oxygen atoms in total. The van der Waals surface area contributed by atoms with Gasteiger partial charge in [-0.05, 0) is 48.7 Å². The van der Waals surface area contributed by atoms with Crippen LogP contribution in [0.5, 0.6) is 11.5 Å². The molecule has 0 bridgehead atoms. The molecule has 2 amide bonds. The van der Waals surface area contributed by atoms with Crippen LogP contribution in [0.4, 0.5) is 10.5 Å². The molecule has 0 saturated carbocycles. The molecule has 0 fully saturated rings. The molecule has 0 spiro atoms. The fourth-order valence-corrected chi connectivity index (χ4v) is 3.14. The third kappa shape index (κ3) is 3.02. The fraction of sp³-hybridized carbons (Fsp3) is 0.316. The summed E-state index contributed by atoms with van der Waals surface area (Å²) in [7, 11) is 3.26. The van der Waals surface area contributed by atoms with Crippen LogP contribution in [-0.2, 0) is 6.42 Å². The predicted octanol–water partition coefficient (Wildman–Crippen LogP) is 3.86. The number of nitrogens with zero attached hydrogens (tertiary/aromatic N) is 1. The van der Waals surface area contributed by atoms with Crippen molar-refractivity contribution in [2.75, 3.05) is 26.1 Å². The number of nitrogens with one attached hydrogen (secondary N) is 1. The van der Waals surface area contributed by atoms with Crippen LogP contribution in [0.15, 0.2) is 42.5 Å². The molecule has 1 heterocycles. The number of carbonyl (C=O) groups excluding carboxylic acids is 1. The van der Waals surface area contributed by atoms with Crippen LogP contribution < -0.4 is 14.8 Å². The first kappa shape index (κ1) is 16.2. The van der Waals surface area contributed by atoms with Crippen LogP contribution in [0.1, 0.15) is 24.1 Å². The number of benzene rings is 2. The van der Waals surface area contributed by atoms with Crippen molar-refractivity contribution in [2.24, 2.45) is 0 Å². The summed E-state index contributed by atoms with van der Waals surface area (Å²) in [6.07, 6.45) is 0.794. The minimum absolute atomic E-state index is 0.0303. The van der Waals surface area contributed by atoms with E-state index in [0.29, 0.717) is 12.3 Å². The van der Waals surface area contributed by atoms with Crippen LogP contribution >= 0.6 is 0 Å². The van der Waals surface area contributed by atoms with Gasteiger partial charge in [0.25, 0.3) is 0 Å². The summed E-state index contributed by atoms with van der Waals surface area (Å²) in [5, 5.41) is 2.96. The Labute approximate surface area is 142 Å². The molecule has 2 aromatic carbocycles. The van der Waals surface area contributed by atoms with Gasteiger partial charge < -0.3 is 19.7 Å². The van der Waals surface area contributed by atoms with E-state index in [0.717, 1.165) is 23.4 Å². The number of hydrogen-bond acceptors (Lipinski definition) is 3. The smallest absolute Gasteiger partial charge is 0.322 e. The van der Waals surface area contributed by atoms with Gasteiger partial charge in [-0.3, -0.25) is 0 Å². The van der Waals surface area contributed by atoms with E-state index in [2.05, 4.69) is 5.32 Å². The van der Waals surface area contributed by atoms with Gasteiger partial charge in [0.15, 0.2) is 11.5 Å². The van der Waals surface area contributed by atoms with Crippen molar-refractivity contribution >= 4 is 11.7 Å². The number of para-hydroxylation sites is 1. The lowest BCUT2D eigenvalue weighted by molar-refractivity contribution is 0.188. The molecule has 2 aromatic rings. The zero-order valence-electron chi connectivity index (χ0n) is 14.2. The first-order valence-corrected chi connectivity index (χ1v) is 8.01. The van der Waals surface area contributed by atoms with E-state index in [1.807, 2.05) is 54.3 Å². The van der Waals surface area contributed by atoms with E-state index in [-0.39, 0.29) is 12.1 Å². The minimum atomic E-state index is -0.0888. The van der Waals surface area contributed by atoms with Crippen LogP contribution in [0.25, 0.3) is 0 Å². The van der Waals surface area contributed by atoms with Crippen molar-refractivity contribution in [1.82, 2.24) is 4.90 Å². The molecule has 5 heteroatoms. The van der Waals surface area contributed by atoms with Crippen molar-refractivity contribution < 1.29 is 14.3 Å². The van der Waals surface area contributed by atoms with Crippen LogP contribution in [0, 0.1) is 0 Å². The molecule has 126 valence electrons. The van der Waals surface area contributed by atoms with Crippen LogP contribution in [-0.4, -0.2) is 31.7 Å². The van der Waals surface area contributed by atoms with Gasteiger partial charge >= 0.3 is 6.03 Å². The SMILES string of the molecule is COc1cc2c(cc1OC)[C@H](C)N(C(=O)Nc1ccccc1)CC2. The normalized spacial score (nSPS) is 16.3. The van der Waals surface area contributed by atoms with Gasteiger partial charge in [0, 0.05) is 12.2 Å². The lowest BCUT2D eigenvalue weighted by Gasteiger charge is -2.35. The topological polar surface area (TPSA) is 50.8 Å². The van der Waals surface area contributed by atoms with Gasteiger partial charge in [0.2, 0.25) is 0 Å². The van der Waals surface area contributed by atoms with Crippen LogP contribution in [0.3, 0.4) is 0 Å². The average molecular weight is 326 g/mol. The molecule has 1 N–H and O–H groups in total. The maximum absolute atomic E-state index is 12.6. The van der Waals surface area contributed by atoms with Crippen molar-refractivity contribution in [2.45, 2.75) is 19.4 Å². The van der Waals surface area contributed by atoms with Gasteiger partial charge in [-0.1, -0.05) is 18.2 Å². The Bertz CT molecular complexity index is 731. The lowest BCUT2D eigenvalue weighted by atomic mass is 9.93. The molecule has 0 saturated heterocycles. The summed E-state index contributed by atoms with van der Waals surface area (Å²) in [6, 6.07) is 13.4. The number of amides is 2. The van der Waals surface area contributed by atoms with Gasteiger partial charge in [-0.2, -0.15) is 0 Å². The number of anilines is 1. The molecule has 0 radical (unpaired) electrons. The highest BCUT2D eigenvalue weighted by molar-refractivity contribution is 5.89. The second-order valence-corrected chi connectivity index (χ2v) is 5.82.